The van der Waals surface area contributed by atoms with Crippen molar-refractivity contribution >= 4 is 16.6 Å². The summed E-state index contributed by atoms with van der Waals surface area (Å²) in [5.74, 6) is 0. The number of H-pyrrole nitrogens is 1. The van der Waals surface area contributed by atoms with E-state index in [0.717, 1.165) is 5.52 Å². The third-order valence-electron chi connectivity index (χ3n) is 3.42. The molecule has 1 fully saturated rings. The molecule has 0 spiro atoms. The average molecular weight is 215 g/mol. The van der Waals surface area contributed by atoms with Crippen molar-refractivity contribution < 1.29 is 0 Å². The van der Waals surface area contributed by atoms with E-state index < -0.39 is 0 Å². The highest BCUT2D eigenvalue weighted by molar-refractivity contribution is 5.81. The lowest BCUT2D eigenvalue weighted by atomic mass is 9.95. The number of hydrogen-bond donors (Lipinski definition) is 2. The van der Waals surface area contributed by atoms with Gasteiger partial charge in [-0.15, -0.1) is 0 Å². The summed E-state index contributed by atoms with van der Waals surface area (Å²) in [6.07, 6.45) is 8.63. The Bertz CT molecular complexity index is 469. The van der Waals surface area contributed by atoms with Crippen LogP contribution in [0.1, 0.15) is 32.1 Å². The van der Waals surface area contributed by atoms with Crippen molar-refractivity contribution in [2.24, 2.45) is 0 Å². The van der Waals surface area contributed by atoms with Crippen molar-refractivity contribution in [2.45, 2.75) is 38.1 Å². The zero-order valence-electron chi connectivity index (χ0n) is 9.37. The quantitative estimate of drug-likeness (QED) is 0.807. The minimum absolute atomic E-state index is 0.665. The molecule has 0 bridgehead atoms. The molecule has 0 unspecified atom stereocenters. The van der Waals surface area contributed by atoms with E-state index >= 15 is 0 Å². The van der Waals surface area contributed by atoms with E-state index in [1.54, 1.807) is 0 Å². The lowest BCUT2D eigenvalue weighted by Crippen LogP contribution is -2.22. The second-order valence-electron chi connectivity index (χ2n) is 4.65. The Morgan fingerprint density at radius 1 is 1.19 bits per heavy atom. The van der Waals surface area contributed by atoms with Crippen LogP contribution in [0.2, 0.25) is 0 Å². The number of nitrogens with zero attached hydrogens (tertiary/aromatic N) is 1. The van der Waals surface area contributed by atoms with Crippen LogP contribution in [0.4, 0.5) is 5.69 Å². The maximum Gasteiger partial charge on any atom is 0.0651 e. The predicted molar refractivity (Wildman–Crippen MR) is 66.6 cm³/mol. The van der Waals surface area contributed by atoms with E-state index in [1.165, 1.54) is 43.2 Å². The summed E-state index contributed by atoms with van der Waals surface area (Å²) in [6.45, 7) is 0. The fourth-order valence-corrected chi connectivity index (χ4v) is 2.52. The molecule has 0 radical (unpaired) electrons. The first-order valence-electron chi connectivity index (χ1n) is 6.11. The molecule has 1 aromatic carbocycles. The van der Waals surface area contributed by atoms with E-state index in [1.807, 2.05) is 6.20 Å². The van der Waals surface area contributed by atoms with Crippen LogP contribution in [-0.2, 0) is 0 Å². The summed E-state index contributed by atoms with van der Waals surface area (Å²) in [5.41, 5.74) is 2.33. The fourth-order valence-electron chi connectivity index (χ4n) is 2.52. The molecule has 2 N–H and O–H groups in total. The first kappa shape index (κ1) is 9.70. The van der Waals surface area contributed by atoms with Gasteiger partial charge in [-0.2, -0.15) is 5.10 Å². The largest absolute Gasteiger partial charge is 0.382 e. The Hall–Kier alpha value is -1.51. The minimum atomic E-state index is 0.665. The van der Waals surface area contributed by atoms with Gasteiger partial charge in [-0.3, -0.25) is 5.10 Å². The van der Waals surface area contributed by atoms with Crippen LogP contribution < -0.4 is 5.32 Å². The van der Waals surface area contributed by atoms with Crippen molar-refractivity contribution in [2.75, 3.05) is 5.32 Å². The average Bonchev–Trinajstić information content (AvgIpc) is 2.77. The second-order valence-corrected chi connectivity index (χ2v) is 4.65. The van der Waals surface area contributed by atoms with Crippen LogP contribution in [0.25, 0.3) is 10.9 Å². The molecule has 0 amide bonds. The Balaban J connectivity index is 1.77. The molecule has 1 saturated carbocycles. The van der Waals surface area contributed by atoms with Gasteiger partial charge in [0.2, 0.25) is 0 Å². The Labute approximate surface area is 95.2 Å². The minimum Gasteiger partial charge on any atom is -0.382 e. The highest BCUT2D eigenvalue weighted by Gasteiger charge is 2.12. The van der Waals surface area contributed by atoms with Crippen molar-refractivity contribution in [3.63, 3.8) is 0 Å². The number of anilines is 1. The molecular formula is C13H17N3. The van der Waals surface area contributed by atoms with E-state index in [0.29, 0.717) is 6.04 Å². The van der Waals surface area contributed by atoms with E-state index in [2.05, 4.69) is 33.7 Å². The van der Waals surface area contributed by atoms with E-state index in [4.69, 9.17) is 0 Å². The summed E-state index contributed by atoms with van der Waals surface area (Å²) in [7, 11) is 0. The van der Waals surface area contributed by atoms with Crippen LogP contribution in [0.15, 0.2) is 24.4 Å². The number of nitrogens with one attached hydrogen (secondary N) is 2. The molecule has 3 rings (SSSR count). The second kappa shape index (κ2) is 4.16. The van der Waals surface area contributed by atoms with Gasteiger partial charge in [0.15, 0.2) is 0 Å². The fraction of sp³-hybridized carbons (Fsp3) is 0.462. The molecule has 2 aromatic rings. The smallest absolute Gasteiger partial charge is 0.0651 e. The highest BCUT2D eigenvalue weighted by Crippen LogP contribution is 2.23. The van der Waals surface area contributed by atoms with Crippen molar-refractivity contribution in [3.05, 3.63) is 24.4 Å². The number of rotatable bonds is 2. The zero-order valence-corrected chi connectivity index (χ0v) is 9.37. The van der Waals surface area contributed by atoms with Gasteiger partial charge in [-0.25, -0.2) is 0 Å². The van der Waals surface area contributed by atoms with Crippen LogP contribution in [0.3, 0.4) is 0 Å². The van der Waals surface area contributed by atoms with Crippen molar-refractivity contribution in [3.8, 4) is 0 Å². The van der Waals surface area contributed by atoms with Crippen LogP contribution in [0, 0.1) is 0 Å². The van der Waals surface area contributed by atoms with Crippen molar-refractivity contribution in [1.82, 2.24) is 10.2 Å². The molecule has 16 heavy (non-hydrogen) atoms. The van der Waals surface area contributed by atoms with Gasteiger partial charge in [-0.05, 0) is 31.0 Å². The van der Waals surface area contributed by atoms with Gasteiger partial charge in [0.1, 0.15) is 0 Å². The zero-order chi connectivity index (χ0) is 10.8. The number of aromatic amines is 1. The summed E-state index contributed by atoms with van der Waals surface area (Å²) >= 11 is 0. The Morgan fingerprint density at radius 3 is 2.94 bits per heavy atom. The molecule has 0 aliphatic heterocycles. The van der Waals surface area contributed by atoms with E-state index in [-0.39, 0.29) is 0 Å². The summed E-state index contributed by atoms with van der Waals surface area (Å²) in [6, 6.07) is 7.06. The standard InChI is InChI=1S/C13H17N3/c1-2-4-11(5-3-1)15-12-6-7-13-10(8-12)9-14-16-13/h6-9,11,15H,1-5H2,(H,14,16). The summed E-state index contributed by atoms with van der Waals surface area (Å²) < 4.78 is 0. The lowest BCUT2D eigenvalue weighted by molar-refractivity contribution is 0.463. The Kier molecular flexibility index (Phi) is 2.52. The van der Waals surface area contributed by atoms with Gasteiger partial charge in [0, 0.05) is 17.1 Å². The van der Waals surface area contributed by atoms with Gasteiger partial charge in [0.25, 0.3) is 0 Å². The molecule has 1 aromatic heterocycles. The van der Waals surface area contributed by atoms with Crippen molar-refractivity contribution in [1.29, 1.82) is 0 Å². The van der Waals surface area contributed by atoms with Crippen LogP contribution in [0.5, 0.6) is 0 Å². The molecule has 1 heterocycles. The normalized spacial score (nSPS) is 17.8. The monoisotopic (exact) mass is 215 g/mol. The van der Waals surface area contributed by atoms with Gasteiger partial charge < -0.3 is 5.32 Å². The Morgan fingerprint density at radius 2 is 2.06 bits per heavy atom. The first-order chi connectivity index (χ1) is 7.92. The number of aromatic nitrogens is 2. The molecule has 1 aliphatic carbocycles. The summed E-state index contributed by atoms with van der Waals surface area (Å²) in [5, 5.41) is 11.8. The van der Waals surface area contributed by atoms with Gasteiger partial charge in [-0.1, -0.05) is 19.3 Å². The van der Waals surface area contributed by atoms with E-state index in [9.17, 15) is 0 Å². The molecule has 3 nitrogen and oxygen atoms in total. The SMILES string of the molecule is c1cc2[nH]ncc2cc1NC1CCCCC1. The first-order valence-corrected chi connectivity index (χ1v) is 6.11. The molecule has 84 valence electrons. The topological polar surface area (TPSA) is 40.7 Å². The molecule has 3 heteroatoms. The maximum atomic E-state index is 4.04. The van der Waals surface area contributed by atoms with Gasteiger partial charge in [0.05, 0.1) is 11.7 Å². The predicted octanol–water partition coefficient (Wildman–Crippen LogP) is 3.31. The van der Waals surface area contributed by atoms with Gasteiger partial charge >= 0.3 is 0 Å². The molecule has 0 saturated heterocycles. The third-order valence-corrected chi connectivity index (χ3v) is 3.42. The number of fused-ring (bicyclic) bond motifs is 1. The lowest BCUT2D eigenvalue weighted by Gasteiger charge is -2.23. The highest BCUT2D eigenvalue weighted by atomic mass is 15.1. The third kappa shape index (κ3) is 1.90. The molecule has 0 atom stereocenters. The summed E-state index contributed by atoms with van der Waals surface area (Å²) in [4.78, 5) is 0. The molecular weight excluding hydrogens is 198 g/mol. The van der Waals surface area contributed by atoms with Crippen LogP contribution >= 0.6 is 0 Å². The number of hydrogen-bond acceptors (Lipinski definition) is 2. The van der Waals surface area contributed by atoms with Crippen LogP contribution in [-0.4, -0.2) is 16.2 Å². The maximum absolute atomic E-state index is 4.04. The molecule has 1 aliphatic rings. The number of benzene rings is 1.